The minimum Gasteiger partial charge on any atom is -0.463 e. The zero-order valence-electron chi connectivity index (χ0n) is 11.1. The van der Waals surface area contributed by atoms with Gasteiger partial charge in [0, 0.05) is 12.3 Å². The summed E-state index contributed by atoms with van der Waals surface area (Å²) in [6.07, 6.45) is 0.871. The summed E-state index contributed by atoms with van der Waals surface area (Å²) in [6.45, 7) is 2.19. The molecule has 4 heteroatoms. The van der Waals surface area contributed by atoms with Gasteiger partial charge in [0.05, 0.1) is 4.47 Å². The Bertz CT molecular complexity index is 623. The first-order valence-corrected chi connectivity index (χ1v) is 7.55. The Morgan fingerprint density at radius 2 is 2.15 bits per heavy atom. The first kappa shape index (κ1) is 13.8. The van der Waals surface area contributed by atoms with Crippen molar-refractivity contribution in [3.8, 4) is 0 Å². The van der Waals surface area contributed by atoms with Crippen LogP contribution >= 0.6 is 15.9 Å². The van der Waals surface area contributed by atoms with Gasteiger partial charge in [0.25, 0.3) is 0 Å². The van der Waals surface area contributed by atoms with Gasteiger partial charge in [-0.1, -0.05) is 13.0 Å². The van der Waals surface area contributed by atoms with E-state index >= 15 is 0 Å². The Morgan fingerprint density at radius 3 is 2.80 bits per heavy atom. The van der Waals surface area contributed by atoms with E-state index in [4.69, 9.17) is 4.42 Å². The second-order valence-electron chi connectivity index (χ2n) is 5.53. The Hall–Kier alpha value is -1.13. The molecule has 1 aromatic carbocycles. The summed E-state index contributed by atoms with van der Waals surface area (Å²) in [5, 5.41) is 10.2. The summed E-state index contributed by atoms with van der Waals surface area (Å²) >= 11 is 3.15. The van der Waals surface area contributed by atoms with Gasteiger partial charge >= 0.3 is 0 Å². The normalized spacial score (nSPS) is 22.8. The van der Waals surface area contributed by atoms with Crippen molar-refractivity contribution >= 4 is 15.9 Å². The molecule has 3 rings (SSSR count). The molecule has 2 aromatic rings. The van der Waals surface area contributed by atoms with Crippen LogP contribution in [0, 0.1) is 11.7 Å². The maximum absolute atomic E-state index is 13.2. The van der Waals surface area contributed by atoms with Crippen LogP contribution in [0.2, 0.25) is 0 Å². The average Bonchev–Trinajstić information content (AvgIpc) is 2.95. The van der Waals surface area contributed by atoms with Gasteiger partial charge in [0.2, 0.25) is 0 Å². The van der Waals surface area contributed by atoms with Crippen LogP contribution in [0.25, 0.3) is 0 Å². The highest BCUT2D eigenvalue weighted by Crippen LogP contribution is 2.47. The van der Waals surface area contributed by atoms with Crippen molar-refractivity contribution in [1.82, 2.24) is 0 Å². The molecule has 1 saturated carbocycles. The van der Waals surface area contributed by atoms with Crippen molar-refractivity contribution in [2.75, 3.05) is 0 Å². The molecule has 1 aliphatic rings. The molecule has 2 nitrogen and oxygen atoms in total. The van der Waals surface area contributed by atoms with Gasteiger partial charge in [-0.2, -0.15) is 0 Å². The molecule has 20 heavy (non-hydrogen) atoms. The molecule has 3 atom stereocenters. The lowest BCUT2D eigenvalue weighted by Crippen LogP contribution is -2.00. The van der Waals surface area contributed by atoms with Crippen molar-refractivity contribution in [2.24, 2.45) is 5.92 Å². The topological polar surface area (TPSA) is 33.4 Å². The number of aliphatic hydroxyl groups excluding tert-OH is 1. The smallest absolute Gasteiger partial charge is 0.137 e. The molecule has 1 aliphatic carbocycles. The zero-order chi connectivity index (χ0) is 14.3. The van der Waals surface area contributed by atoms with E-state index in [1.165, 1.54) is 6.07 Å². The fourth-order valence-electron chi connectivity index (χ4n) is 2.46. The van der Waals surface area contributed by atoms with Gasteiger partial charge in [-0.15, -0.1) is 0 Å². The van der Waals surface area contributed by atoms with E-state index in [-0.39, 0.29) is 5.82 Å². The molecule has 1 N–H and O–H groups in total. The molecule has 1 heterocycles. The fraction of sp³-hybridized carbons (Fsp3) is 0.375. The molecule has 106 valence electrons. The summed E-state index contributed by atoms with van der Waals surface area (Å²) in [7, 11) is 0. The SMILES string of the molecule is CC1CC1c1ccc(C(O)Cc2ccc(F)c(Br)c2)o1. The molecule has 0 spiro atoms. The van der Waals surface area contributed by atoms with Gasteiger partial charge in [-0.3, -0.25) is 0 Å². The third kappa shape index (κ3) is 2.81. The van der Waals surface area contributed by atoms with Crippen LogP contribution in [-0.4, -0.2) is 5.11 Å². The maximum atomic E-state index is 13.2. The maximum Gasteiger partial charge on any atom is 0.137 e. The molecule has 1 fully saturated rings. The van der Waals surface area contributed by atoms with Crippen molar-refractivity contribution in [2.45, 2.75) is 31.8 Å². The number of hydrogen-bond acceptors (Lipinski definition) is 2. The first-order chi connectivity index (χ1) is 9.54. The summed E-state index contributed by atoms with van der Waals surface area (Å²) in [4.78, 5) is 0. The molecule has 0 saturated heterocycles. The molecule has 0 bridgehead atoms. The largest absolute Gasteiger partial charge is 0.463 e. The third-order valence-corrected chi connectivity index (χ3v) is 4.47. The first-order valence-electron chi connectivity index (χ1n) is 6.76. The fourth-order valence-corrected chi connectivity index (χ4v) is 2.88. The van der Waals surface area contributed by atoms with Gasteiger partial charge in [-0.25, -0.2) is 4.39 Å². The van der Waals surface area contributed by atoms with E-state index < -0.39 is 6.10 Å². The van der Waals surface area contributed by atoms with E-state index in [9.17, 15) is 9.50 Å². The minimum atomic E-state index is -0.699. The molecule has 1 aromatic heterocycles. The number of halogens is 2. The molecule has 3 unspecified atom stereocenters. The highest BCUT2D eigenvalue weighted by atomic mass is 79.9. The van der Waals surface area contributed by atoms with Crippen LogP contribution in [0.5, 0.6) is 0 Å². The number of hydrogen-bond donors (Lipinski definition) is 1. The van der Waals surface area contributed by atoms with Crippen LogP contribution in [-0.2, 0) is 6.42 Å². The Balaban J connectivity index is 1.70. The van der Waals surface area contributed by atoms with Crippen LogP contribution in [0.4, 0.5) is 4.39 Å². The summed E-state index contributed by atoms with van der Waals surface area (Å²) in [6, 6.07) is 8.55. The number of rotatable bonds is 4. The number of benzene rings is 1. The van der Waals surface area contributed by atoms with E-state index in [1.807, 2.05) is 12.1 Å². The zero-order valence-corrected chi connectivity index (χ0v) is 12.7. The monoisotopic (exact) mass is 338 g/mol. The molecule has 0 amide bonds. The average molecular weight is 339 g/mol. The van der Waals surface area contributed by atoms with E-state index in [0.29, 0.717) is 28.5 Å². The molecule has 0 radical (unpaired) electrons. The van der Waals surface area contributed by atoms with Crippen molar-refractivity contribution in [3.05, 3.63) is 57.7 Å². The van der Waals surface area contributed by atoms with E-state index in [0.717, 1.165) is 17.7 Å². The van der Waals surface area contributed by atoms with Crippen LogP contribution < -0.4 is 0 Å². The van der Waals surface area contributed by atoms with Crippen LogP contribution in [0.1, 0.15) is 42.5 Å². The van der Waals surface area contributed by atoms with Gasteiger partial charge in [-0.05, 0) is 58.1 Å². The summed E-state index contributed by atoms with van der Waals surface area (Å²) < 4.78 is 19.3. The van der Waals surface area contributed by atoms with E-state index in [1.54, 1.807) is 12.1 Å². The number of furan rings is 1. The highest BCUT2D eigenvalue weighted by molar-refractivity contribution is 9.10. The second kappa shape index (κ2) is 5.34. The molecule has 0 aliphatic heterocycles. The Kier molecular flexibility index (Phi) is 3.69. The molecular formula is C16H16BrFO2. The van der Waals surface area contributed by atoms with Gasteiger partial charge in [0.15, 0.2) is 0 Å². The van der Waals surface area contributed by atoms with Crippen molar-refractivity contribution < 1.29 is 13.9 Å². The Labute approximate surface area is 125 Å². The van der Waals surface area contributed by atoms with Crippen LogP contribution in [0.3, 0.4) is 0 Å². The summed E-state index contributed by atoms with van der Waals surface area (Å²) in [5.41, 5.74) is 0.864. The quantitative estimate of drug-likeness (QED) is 0.884. The minimum absolute atomic E-state index is 0.300. The predicted octanol–water partition coefficient (Wildman–Crippen LogP) is 4.58. The van der Waals surface area contributed by atoms with Crippen molar-refractivity contribution in [3.63, 3.8) is 0 Å². The molecular weight excluding hydrogens is 323 g/mol. The van der Waals surface area contributed by atoms with Crippen molar-refractivity contribution in [1.29, 1.82) is 0 Å². The lowest BCUT2D eigenvalue weighted by Gasteiger charge is -2.08. The lowest BCUT2D eigenvalue weighted by molar-refractivity contribution is 0.148. The third-order valence-electron chi connectivity index (χ3n) is 3.86. The standard InChI is InChI=1S/C16H16BrFO2/c1-9-6-11(9)15-4-5-16(20-15)14(19)8-10-2-3-13(18)12(17)7-10/h2-5,7,9,11,14,19H,6,8H2,1H3. The van der Waals surface area contributed by atoms with Crippen LogP contribution in [0.15, 0.2) is 39.2 Å². The van der Waals surface area contributed by atoms with E-state index in [2.05, 4.69) is 22.9 Å². The second-order valence-corrected chi connectivity index (χ2v) is 6.38. The number of aliphatic hydroxyl groups is 1. The predicted molar refractivity (Wildman–Crippen MR) is 78.0 cm³/mol. The Morgan fingerprint density at radius 1 is 1.40 bits per heavy atom. The van der Waals surface area contributed by atoms with Gasteiger partial charge < -0.3 is 9.52 Å². The lowest BCUT2D eigenvalue weighted by atomic mass is 10.1. The highest BCUT2D eigenvalue weighted by Gasteiger charge is 2.36. The summed E-state index contributed by atoms with van der Waals surface area (Å²) in [5.74, 6) is 2.44. The van der Waals surface area contributed by atoms with Gasteiger partial charge in [0.1, 0.15) is 23.4 Å².